The molecule has 5 nitrogen and oxygen atoms in total. The summed E-state index contributed by atoms with van der Waals surface area (Å²) in [6.45, 7) is 0. The molecule has 6 heteroatoms. The van der Waals surface area contributed by atoms with Crippen LogP contribution in [0.4, 0.5) is 0 Å². The maximum atomic E-state index is 10.9. The summed E-state index contributed by atoms with van der Waals surface area (Å²) in [5.41, 5.74) is 0.958. The van der Waals surface area contributed by atoms with Gasteiger partial charge in [0, 0.05) is 11.4 Å². The molecule has 18 heavy (non-hydrogen) atoms. The van der Waals surface area contributed by atoms with Gasteiger partial charge in [0.05, 0.1) is 6.04 Å². The summed E-state index contributed by atoms with van der Waals surface area (Å²) in [5.74, 6) is -0.547. The topological polar surface area (TPSA) is 68.0 Å². The second-order valence-electron chi connectivity index (χ2n) is 4.18. The summed E-state index contributed by atoms with van der Waals surface area (Å²) in [5, 5.41) is 13.6. The van der Waals surface area contributed by atoms with Crippen LogP contribution in [-0.2, 0) is 6.42 Å². The van der Waals surface area contributed by atoms with E-state index in [2.05, 4.69) is 10.1 Å². The van der Waals surface area contributed by atoms with Gasteiger partial charge in [0.1, 0.15) is 5.82 Å². The summed E-state index contributed by atoms with van der Waals surface area (Å²) in [7, 11) is 0. The fourth-order valence-corrected chi connectivity index (χ4v) is 2.55. The lowest BCUT2D eigenvalue weighted by Crippen LogP contribution is -2.09. The van der Waals surface area contributed by atoms with Crippen LogP contribution >= 0.6 is 11.6 Å². The van der Waals surface area contributed by atoms with Crippen LogP contribution in [0.1, 0.15) is 34.5 Å². The molecule has 0 spiro atoms. The molecular weight excluding hydrogens is 254 g/mol. The molecule has 0 amide bonds. The lowest BCUT2D eigenvalue weighted by atomic mass is 10.1. The van der Waals surface area contributed by atoms with Crippen molar-refractivity contribution in [1.82, 2.24) is 14.8 Å². The Morgan fingerprint density at radius 2 is 2.22 bits per heavy atom. The zero-order valence-corrected chi connectivity index (χ0v) is 10.1. The molecule has 0 radical (unpaired) electrons. The highest BCUT2D eigenvalue weighted by atomic mass is 35.5. The standard InChI is InChI=1S/C12H10ClN3O2/c13-8-4-2-1-3-7(8)9-5-6-10-14-11(12(17)18)15-16(9)10/h1-4,9H,5-6H2,(H,17,18). The number of carboxylic acid groups (broad SMARTS) is 1. The van der Waals surface area contributed by atoms with Crippen molar-refractivity contribution < 1.29 is 9.90 Å². The highest BCUT2D eigenvalue weighted by molar-refractivity contribution is 6.31. The number of aryl methyl sites for hydroxylation is 1. The van der Waals surface area contributed by atoms with Gasteiger partial charge in [-0.25, -0.2) is 14.5 Å². The van der Waals surface area contributed by atoms with E-state index in [1.54, 1.807) is 4.68 Å². The number of rotatable bonds is 2. The fourth-order valence-electron chi connectivity index (χ4n) is 2.29. The minimum Gasteiger partial charge on any atom is -0.475 e. The van der Waals surface area contributed by atoms with Gasteiger partial charge < -0.3 is 5.11 Å². The maximum Gasteiger partial charge on any atom is 0.375 e. The van der Waals surface area contributed by atoms with Crippen LogP contribution in [-0.4, -0.2) is 25.8 Å². The largest absolute Gasteiger partial charge is 0.475 e. The number of aromatic carboxylic acids is 1. The second kappa shape index (κ2) is 4.10. The van der Waals surface area contributed by atoms with Crippen LogP contribution < -0.4 is 0 Å². The molecule has 0 aliphatic carbocycles. The van der Waals surface area contributed by atoms with Crippen LogP contribution in [0.5, 0.6) is 0 Å². The number of halogens is 1. The van der Waals surface area contributed by atoms with Crippen LogP contribution in [0, 0.1) is 0 Å². The van der Waals surface area contributed by atoms with Crippen molar-refractivity contribution >= 4 is 17.6 Å². The Morgan fingerprint density at radius 3 is 2.94 bits per heavy atom. The molecule has 0 bridgehead atoms. The average Bonchev–Trinajstić information content (AvgIpc) is 2.89. The van der Waals surface area contributed by atoms with Crippen LogP contribution in [0.2, 0.25) is 5.02 Å². The Morgan fingerprint density at radius 1 is 1.44 bits per heavy atom. The zero-order valence-electron chi connectivity index (χ0n) is 9.38. The SMILES string of the molecule is O=C(O)c1nc2n(n1)C(c1ccccc1Cl)CC2. The quantitative estimate of drug-likeness (QED) is 0.902. The van der Waals surface area contributed by atoms with E-state index in [9.17, 15) is 4.79 Å². The predicted octanol–water partition coefficient (Wildman–Crippen LogP) is 2.17. The van der Waals surface area contributed by atoms with Crippen LogP contribution in [0.15, 0.2) is 24.3 Å². The number of fused-ring (bicyclic) bond motifs is 1. The smallest absolute Gasteiger partial charge is 0.375 e. The predicted molar refractivity (Wildman–Crippen MR) is 64.9 cm³/mol. The van der Waals surface area contributed by atoms with Gasteiger partial charge in [-0.2, -0.15) is 0 Å². The number of hydrogen-bond donors (Lipinski definition) is 1. The van der Waals surface area contributed by atoms with Crippen molar-refractivity contribution in [1.29, 1.82) is 0 Å². The fraction of sp³-hybridized carbons (Fsp3) is 0.250. The highest BCUT2D eigenvalue weighted by Crippen LogP contribution is 2.34. The molecule has 1 aliphatic heterocycles. The van der Waals surface area contributed by atoms with Gasteiger partial charge in [0.2, 0.25) is 0 Å². The number of hydrogen-bond acceptors (Lipinski definition) is 3. The molecule has 3 rings (SSSR count). The number of aromatic nitrogens is 3. The van der Waals surface area contributed by atoms with E-state index < -0.39 is 5.97 Å². The molecular formula is C12H10ClN3O2. The Hall–Kier alpha value is -1.88. The van der Waals surface area contributed by atoms with Crippen molar-refractivity contribution in [2.45, 2.75) is 18.9 Å². The third-order valence-corrected chi connectivity index (χ3v) is 3.44. The molecule has 1 aliphatic rings. The molecule has 0 fully saturated rings. The molecule has 1 aromatic heterocycles. The van der Waals surface area contributed by atoms with Crippen molar-refractivity contribution in [2.75, 3.05) is 0 Å². The van der Waals surface area contributed by atoms with E-state index >= 15 is 0 Å². The molecule has 2 heterocycles. The van der Waals surface area contributed by atoms with Gasteiger partial charge in [0.25, 0.3) is 5.82 Å². The van der Waals surface area contributed by atoms with Crippen molar-refractivity contribution in [2.24, 2.45) is 0 Å². The first-order valence-electron chi connectivity index (χ1n) is 5.60. The van der Waals surface area contributed by atoms with Gasteiger partial charge in [-0.05, 0) is 18.1 Å². The van der Waals surface area contributed by atoms with Crippen molar-refractivity contribution in [3.05, 3.63) is 46.5 Å². The van der Waals surface area contributed by atoms with Crippen molar-refractivity contribution in [3.8, 4) is 0 Å². The summed E-state index contributed by atoms with van der Waals surface area (Å²) >= 11 is 6.16. The monoisotopic (exact) mass is 263 g/mol. The van der Waals surface area contributed by atoms with Crippen LogP contribution in [0.25, 0.3) is 0 Å². The zero-order chi connectivity index (χ0) is 12.7. The molecule has 92 valence electrons. The first-order valence-corrected chi connectivity index (χ1v) is 5.98. The molecule has 0 saturated carbocycles. The number of carbonyl (C=O) groups is 1. The normalized spacial score (nSPS) is 17.7. The Labute approximate surface area is 108 Å². The molecule has 1 aromatic carbocycles. The second-order valence-corrected chi connectivity index (χ2v) is 4.58. The molecule has 1 atom stereocenters. The Balaban J connectivity index is 2.04. The van der Waals surface area contributed by atoms with E-state index in [-0.39, 0.29) is 11.9 Å². The Kier molecular flexibility index (Phi) is 2.56. The molecule has 0 saturated heterocycles. The highest BCUT2D eigenvalue weighted by Gasteiger charge is 2.29. The summed E-state index contributed by atoms with van der Waals surface area (Å²) in [6.07, 6.45) is 1.56. The Bertz CT molecular complexity index is 624. The lowest BCUT2D eigenvalue weighted by Gasteiger charge is -2.13. The van der Waals surface area contributed by atoms with E-state index in [0.717, 1.165) is 18.4 Å². The van der Waals surface area contributed by atoms with Crippen LogP contribution in [0.3, 0.4) is 0 Å². The van der Waals surface area contributed by atoms with E-state index in [0.29, 0.717) is 10.8 Å². The van der Waals surface area contributed by atoms with Gasteiger partial charge in [-0.3, -0.25) is 0 Å². The van der Waals surface area contributed by atoms with E-state index in [1.165, 1.54) is 0 Å². The minimum atomic E-state index is -1.10. The molecule has 1 N–H and O–H groups in total. The molecule has 1 unspecified atom stereocenters. The maximum absolute atomic E-state index is 10.9. The third-order valence-electron chi connectivity index (χ3n) is 3.09. The van der Waals surface area contributed by atoms with Gasteiger partial charge >= 0.3 is 5.97 Å². The van der Waals surface area contributed by atoms with Crippen molar-refractivity contribution in [3.63, 3.8) is 0 Å². The summed E-state index contributed by atoms with van der Waals surface area (Å²) in [4.78, 5) is 14.9. The lowest BCUT2D eigenvalue weighted by molar-refractivity contribution is 0.0683. The third kappa shape index (κ3) is 1.67. The van der Waals surface area contributed by atoms with E-state index in [1.807, 2.05) is 24.3 Å². The van der Waals surface area contributed by atoms with Gasteiger partial charge in [-0.1, -0.05) is 29.8 Å². The summed E-state index contributed by atoms with van der Waals surface area (Å²) < 4.78 is 1.67. The molecule has 2 aromatic rings. The van der Waals surface area contributed by atoms with Gasteiger partial charge in [-0.15, -0.1) is 5.10 Å². The average molecular weight is 264 g/mol. The first kappa shape index (κ1) is 11.2. The summed E-state index contributed by atoms with van der Waals surface area (Å²) in [6, 6.07) is 7.52. The van der Waals surface area contributed by atoms with E-state index in [4.69, 9.17) is 16.7 Å². The number of nitrogens with zero attached hydrogens (tertiary/aromatic N) is 3. The first-order chi connectivity index (χ1) is 8.66. The number of carboxylic acids is 1. The minimum absolute atomic E-state index is 0.0192. The van der Waals surface area contributed by atoms with Gasteiger partial charge in [0.15, 0.2) is 0 Å². The number of benzene rings is 1.